The third-order valence-electron chi connectivity index (χ3n) is 10.0. The van der Waals surface area contributed by atoms with Crippen LogP contribution in [-0.2, 0) is 28.6 Å². The highest BCUT2D eigenvalue weighted by Crippen LogP contribution is 2.41. The Balaban J connectivity index is 1.22. The molecule has 5 aromatic rings. The molecule has 0 bridgehead atoms. The van der Waals surface area contributed by atoms with Crippen molar-refractivity contribution in [2.45, 2.75) is 77.4 Å². The highest BCUT2D eigenvalue weighted by molar-refractivity contribution is 6.65. The lowest BCUT2D eigenvalue weighted by Crippen LogP contribution is -2.41. The first kappa shape index (κ1) is 24.5. The van der Waals surface area contributed by atoms with Gasteiger partial charge < -0.3 is 13.7 Å². The van der Waals surface area contributed by atoms with E-state index in [1.807, 2.05) is 6.07 Å². The predicted molar refractivity (Wildman–Crippen MR) is 166 cm³/mol. The average molecular weight is 526 g/mol. The minimum absolute atomic E-state index is 0.390. The SMILES string of the molecule is CC1(C)OB(c2cccc3oc4c(c23)C=C(c2ccc3c(ccc5c6c(ccc53)CCCC6)c2)CC4)OC1(C)C. The number of benzene rings is 4. The summed E-state index contributed by atoms with van der Waals surface area (Å²) in [4.78, 5) is 0. The fraction of sp³-hybridized carbons (Fsp3) is 0.333. The summed E-state index contributed by atoms with van der Waals surface area (Å²) >= 11 is 0. The van der Waals surface area contributed by atoms with Crippen LogP contribution in [0.5, 0.6) is 0 Å². The van der Waals surface area contributed by atoms with Crippen LogP contribution in [0.1, 0.15) is 75.0 Å². The number of fused-ring (bicyclic) bond motifs is 8. The highest BCUT2D eigenvalue weighted by Gasteiger charge is 2.52. The van der Waals surface area contributed by atoms with E-state index in [9.17, 15) is 0 Å². The minimum Gasteiger partial charge on any atom is -0.460 e. The third kappa shape index (κ3) is 3.59. The van der Waals surface area contributed by atoms with Gasteiger partial charge in [0.25, 0.3) is 0 Å². The van der Waals surface area contributed by atoms with Gasteiger partial charge in [-0.05, 0) is 127 Å². The van der Waals surface area contributed by atoms with Gasteiger partial charge in [-0.25, -0.2) is 0 Å². The van der Waals surface area contributed by atoms with Gasteiger partial charge in [0.1, 0.15) is 11.3 Å². The molecule has 2 aliphatic carbocycles. The molecule has 2 heterocycles. The Bertz CT molecular complexity index is 1860. The van der Waals surface area contributed by atoms with Crippen molar-refractivity contribution in [1.82, 2.24) is 0 Å². The van der Waals surface area contributed by atoms with E-state index in [4.69, 9.17) is 13.7 Å². The van der Waals surface area contributed by atoms with Crippen LogP contribution >= 0.6 is 0 Å². The van der Waals surface area contributed by atoms with Crippen LogP contribution in [-0.4, -0.2) is 18.3 Å². The van der Waals surface area contributed by atoms with Crippen molar-refractivity contribution in [2.75, 3.05) is 0 Å². The second kappa shape index (κ2) is 8.58. The molecule has 4 aromatic carbocycles. The molecule has 0 spiro atoms. The van der Waals surface area contributed by atoms with Gasteiger partial charge >= 0.3 is 7.12 Å². The van der Waals surface area contributed by atoms with E-state index in [1.165, 1.54) is 63.9 Å². The molecule has 0 radical (unpaired) electrons. The third-order valence-corrected chi connectivity index (χ3v) is 10.0. The Morgan fingerprint density at radius 1 is 0.725 bits per heavy atom. The summed E-state index contributed by atoms with van der Waals surface area (Å²) in [6, 6.07) is 22.7. The van der Waals surface area contributed by atoms with Gasteiger partial charge in [0.15, 0.2) is 0 Å². The summed E-state index contributed by atoms with van der Waals surface area (Å²) in [7, 11) is -0.422. The summed E-state index contributed by atoms with van der Waals surface area (Å²) in [5.74, 6) is 1.05. The first-order valence-corrected chi connectivity index (χ1v) is 14.9. The minimum atomic E-state index is -0.422. The summed E-state index contributed by atoms with van der Waals surface area (Å²) < 4.78 is 19.3. The number of aryl methyl sites for hydroxylation is 3. The summed E-state index contributed by atoms with van der Waals surface area (Å²) in [5, 5.41) is 6.60. The lowest BCUT2D eigenvalue weighted by Gasteiger charge is -2.32. The summed E-state index contributed by atoms with van der Waals surface area (Å²) in [6.45, 7) is 8.42. The van der Waals surface area contributed by atoms with Gasteiger partial charge in [-0.15, -0.1) is 0 Å². The maximum absolute atomic E-state index is 6.46. The van der Waals surface area contributed by atoms with Crippen molar-refractivity contribution in [3.8, 4) is 0 Å². The molecule has 40 heavy (non-hydrogen) atoms. The quantitative estimate of drug-likeness (QED) is 0.171. The first-order chi connectivity index (χ1) is 19.3. The maximum atomic E-state index is 6.46. The zero-order valence-electron chi connectivity index (χ0n) is 23.9. The van der Waals surface area contributed by atoms with Crippen molar-refractivity contribution in [1.29, 1.82) is 0 Å². The van der Waals surface area contributed by atoms with Crippen molar-refractivity contribution in [3.05, 3.63) is 88.7 Å². The van der Waals surface area contributed by atoms with Gasteiger partial charge in [-0.3, -0.25) is 0 Å². The Labute approximate surface area is 236 Å². The van der Waals surface area contributed by atoms with Crippen molar-refractivity contribution < 1.29 is 13.7 Å². The Morgan fingerprint density at radius 3 is 2.35 bits per heavy atom. The standard InChI is InChI=1S/C36H35BO3/c1-35(2)36(3,4)40-37(39-35)31-10-7-11-33-34(31)30-21-24(15-19-32(30)38-33)23-13-16-27-25(20-23)14-18-28-26-9-6-5-8-22(26)12-17-29(27)28/h7,10-14,16-18,20-21H,5-6,8-9,15,19H2,1-4H3. The first-order valence-electron chi connectivity index (χ1n) is 14.9. The van der Waals surface area contributed by atoms with Crippen molar-refractivity contribution in [3.63, 3.8) is 0 Å². The number of hydrogen-bond donors (Lipinski definition) is 0. The molecule has 1 aliphatic heterocycles. The lowest BCUT2D eigenvalue weighted by atomic mass is 9.75. The van der Waals surface area contributed by atoms with Crippen molar-refractivity contribution >= 4 is 56.7 Å². The monoisotopic (exact) mass is 526 g/mol. The molecule has 1 aromatic heterocycles. The fourth-order valence-electron chi connectivity index (χ4n) is 7.08. The molecular formula is C36H35BO3. The van der Waals surface area contributed by atoms with Gasteiger partial charge in [-0.1, -0.05) is 48.5 Å². The van der Waals surface area contributed by atoms with Gasteiger partial charge in [-0.2, -0.15) is 0 Å². The number of furan rings is 1. The van der Waals surface area contributed by atoms with Crippen LogP contribution in [0.3, 0.4) is 0 Å². The second-order valence-electron chi connectivity index (χ2n) is 12.9. The molecule has 0 unspecified atom stereocenters. The topological polar surface area (TPSA) is 31.6 Å². The van der Waals surface area contributed by atoms with Crippen LogP contribution < -0.4 is 5.46 Å². The van der Waals surface area contributed by atoms with Crippen molar-refractivity contribution in [2.24, 2.45) is 0 Å². The van der Waals surface area contributed by atoms with E-state index < -0.39 is 7.12 Å². The molecule has 8 rings (SSSR count). The zero-order valence-corrected chi connectivity index (χ0v) is 23.9. The van der Waals surface area contributed by atoms with Crippen LogP contribution in [0.2, 0.25) is 0 Å². The van der Waals surface area contributed by atoms with Crippen LogP contribution in [0, 0.1) is 0 Å². The normalized spacial score (nSPS) is 19.7. The summed E-state index contributed by atoms with van der Waals surface area (Å²) in [5.41, 5.74) is 8.11. The number of hydrogen-bond acceptors (Lipinski definition) is 3. The largest absolute Gasteiger partial charge is 0.495 e. The fourth-order valence-corrected chi connectivity index (χ4v) is 7.08. The van der Waals surface area contributed by atoms with Crippen LogP contribution in [0.4, 0.5) is 0 Å². The molecule has 0 saturated carbocycles. The zero-order chi connectivity index (χ0) is 27.2. The highest BCUT2D eigenvalue weighted by atomic mass is 16.7. The molecule has 4 heteroatoms. The second-order valence-corrected chi connectivity index (χ2v) is 12.9. The Kier molecular flexibility index (Phi) is 5.25. The Morgan fingerprint density at radius 2 is 1.50 bits per heavy atom. The molecule has 0 amide bonds. The van der Waals surface area contributed by atoms with E-state index in [0.717, 1.165) is 35.0 Å². The molecular weight excluding hydrogens is 491 g/mol. The van der Waals surface area contributed by atoms with E-state index >= 15 is 0 Å². The lowest BCUT2D eigenvalue weighted by molar-refractivity contribution is 0.00578. The predicted octanol–water partition coefficient (Wildman–Crippen LogP) is 8.40. The number of rotatable bonds is 2. The van der Waals surface area contributed by atoms with E-state index in [0.29, 0.717) is 0 Å². The maximum Gasteiger partial charge on any atom is 0.495 e. The molecule has 0 N–H and O–H groups in total. The van der Waals surface area contributed by atoms with E-state index in [1.54, 1.807) is 11.1 Å². The van der Waals surface area contributed by atoms with Gasteiger partial charge in [0, 0.05) is 17.4 Å². The number of allylic oxidation sites excluding steroid dienone is 1. The summed E-state index contributed by atoms with van der Waals surface area (Å²) in [6.07, 6.45) is 9.24. The molecule has 1 saturated heterocycles. The molecule has 1 fully saturated rings. The molecule has 3 nitrogen and oxygen atoms in total. The average Bonchev–Trinajstić information content (AvgIpc) is 3.44. The van der Waals surface area contributed by atoms with Gasteiger partial charge in [0.05, 0.1) is 11.2 Å². The molecule has 200 valence electrons. The van der Waals surface area contributed by atoms with Crippen LogP contribution in [0.15, 0.2) is 65.1 Å². The smallest absolute Gasteiger partial charge is 0.460 e. The van der Waals surface area contributed by atoms with E-state index in [-0.39, 0.29) is 11.2 Å². The Hall–Kier alpha value is -3.34. The van der Waals surface area contributed by atoms with Gasteiger partial charge in [0.2, 0.25) is 0 Å². The van der Waals surface area contributed by atoms with Crippen LogP contribution in [0.25, 0.3) is 44.2 Å². The molecule has 3 aliphatic rings. The molecule has 0 atom stereocenters. The van der Waals surface area contributed by atoms with E-state index in [2.05, 4.69) is 88.4 Å².